The van der Waals surface area contributed by atoms with Crippen molar-refractivity contribution in [2.75, 3.05) is 13.2 Å². The Morgan fingerprint density at radius 2 is 1.73 bits per heavy atom. The molecule has 7 rings (SSSR count). The van der Waals surface area contributed by atoms with Gasteiger partial charge in [-0.2, -0.15) is 0 Å². The van der Waals surface area contributed by atoms with Gasteiger partial charge in [-0.15, -0.1) is 0 Å². The van der Waals surface area contributed by atoms with Crippen molar-refractivity contribution in [1.82, 2.24) is 0 Å². The number of carbonyl (C=O) groups is 1. The van der Waals surface area contributed by atoms with Gasteiger partial charge >= 0.3 is 5.97 Å². The van der Waals surface area contributed by atoms with E-state index < -0.39 is 55.1 Å². The molecule has 4 aliphatic carbocycles. The van der Waals surface area contributed by atoms with Crippen molar-refractivity contribution in [3.8, 4) is 0 Å². The fourth-order valence-electron chi connectivity index (χ4n) is 11.0. The third-order valence-electron chi connectivity index (χ3n) is 13.7. The summed E-state index contributed by atoms with van der Waals surface area (Å²) in [6.45, 7) is 10.7. The van der Waals surface area contributed by atoms with E-state index in [0.717, 1.165) is 32.1 Å². The molecule has 16 unspecified atom stereocenters. The lowest BCUT2D eigenvalue weighted by atomic mass is 9.46. The van der Waals surface area contributed by atoms with Crippen LogP contribution in [0.3, 0.4) is 0 Å². The number of fused-ring (bicyclic) bond motifs is 7. The predicted octanol–water partition coefficient (Wildman–Crippen LogP) is 2.00. The van der Waals surface area contributed by atoms with Gasteiger partial charge in [-0.05, 0) is 74.5 Å². The van der Waals surface area contributed by atoms with E-state index in [-0.39, 0.29) is 28.8 Å². The van der Waals surface area contributed by atoms with Crippen LogP contribution in [0.5, 0.6) is 0 Å². The molecule has 0 spiro atoms. The molecule has 2 bridgehead atoms. The summed E-state index contributed by atoms with van der Waals surface area (Å²) in [4.78, 5) is 12.6. The van der Waals surface area contributed by atoms with E-state index in [2.05, 4.69) is 26.5 Å². The van der Waals surface area contributed by atoms with Crippen LogP contribution in [0.25, 0.3) is 0 Å². The van der Waals surface area contributed by atoms with Crippen molar-refractivity contribution in [2.24, 2.45) is 40.4 Å². The van der Waals surface area contributed by atoms with Crippen LogP contribution in [0.2, 0.25) is 0 Å². The number of carbonyl (C=O) groups excluding carboxylic acids is 1. The second-order valence-electron chi connectivity index (χ2n) is 15.6. The Hall–Kier alpha value is -1.37. The van der Waals surface area contributed by atoms with Crippen molar-refractivity contribution < 1.29 is 49.3 Å². The van der Waals surface area contributed by atoms with Gasteiger partial charge in [0.15, 0.2) is 6.29 Å². The number of hydrogen-bond donors (Lipinski definition) is 5. The van der Waals surface area contributed by atoms with E-state index in [1.54, 1.807) is 0 Å². The predicted molar refractivity (Wildman–Crippen MR) is 157 cm³/mol. The average molecular weight is 619 g/mol. The van der Waals surface area contributed by atoms with Crippen molar-refractivity contribution >= 4 is 5.97 Å². The lowest BCUT2D eigenvalue weighted by molar-refractivity contribution is -0.315. The Morgan fingerprint density at radius 1 is 1.00 bits per heavy atom. The number of hydrogen-bond acceptors (Lipinski definition) is 10. The fourth-order valence-corrected chi connectivity index (χ4v) is 11.0. The Bertz CT molecular complexity index is 1200. The first-order valence-electron chi connectivity index (χ1n) is 16.7. The highest BCUT2D eigenvalue weighted by molar-refractivity contribution is 5.91. The SMILES string of the molecule is C=C1C(=O)OC2CC1(C)OCC2C1CCC2C3CC=C4CC(OC5OC(CO)C(O)C(O)C5O)CC(O)C4(C)C3CCC12C. The van der Waals surface area contributed by atoms with Gasteiger partial charge in [0, 0.05) is 24.2 Å². The largest absolute Gasteiger partial charge is 0.458 e. The summed E-state index contributed by atoms with van der Waals surface area (Å²) in [5.74, 6) is 1.57. The Morgan fingerprint density at radius 3 is 2.45 bits per heavy atom. The summed E-state index contributed by atoms with van der Waals surface area (Å²) in [5, 5.41) is 52.2. The van der Waals surface area contributed by atoms with Gasteiger partial charge < -0.3 is 44.5 Å². The number of allylic oxidation sites excluding steroid dienone is 1. The Labute approximate surface area is 259 Å². The third kappa shape index (κ3) is 4.46. The van der Waals surface area contributed by atoms with Gasteiger partial charge in [0.1, 0.15) is 36.1 Å². The van der Waals surface area contributed by atoms with E-state index in [1.807, 2.05) is 6.92 Å². The Kier molecular flexibility index (Phi) is 7.70. The average Bonchev–Trinajstić information content (AvgIpc) is 3.34. The summed E-state index contributed by atoms with van der Waals surface area (Å²) in [6.07, 6.45) is 1.32. The van der Waals surface area contributed by atoms with E-state index in [4.69, 9.17) is 18.9 Å². The molecule has 0 amide bonds. The van der Waals surface area contributed by atoms with Crippen LogP contribution in [0.15, 0.2) is 23.8 Å². The summed E-state index contributed by atoms with van der Waals surface area (Å²) >= 11 is 0. The molecule has 16 atom stereocenters. The molecule has 10 nitrogen and oxygen atoms in total. The molecule has 5 N–H and O–H groups in total. The maximum atomic E-state index is 12.6. The van der Waals surface area contributed by atoms with E-state index in [0.29, 0.717) is 55.1 Å². The molecule has 3 aliphatic heterocycles. The molecule has 0 aromatic carbocycles. The second kappa shape index (κ2) is 10.8. The van der Waals surface area contributed by atoms with Crippen molar-refractivity contribution in [1.29, 1.82) is 0 Å². The summed E-state index contributed by atoms with van der Waals surface area (Å²) < 4.78 is 24.0. The molecule has 3 heterocycles. The van der Waals surface area contributed by atoms with Crippen LogP contribution in [-0.4, -0.2) is 99.3 Å². The molecule has 3 saturated heterocycles. The maximum Gasteiger partial charge on any atom is 0.336 e. The monoisotopic (exact) mass is 618 g/mol. The number of aliphatic hydroxyl groups excluding tert-OH is 5. The van der Waals surface area contributed by atoms with Crippen molar-refractivity contribution in [3.63, 3.8) is 0 Å². The van der Waals surface area contributed by atoms with Gasteiger partial charge in [-0.25, -0.2) is 4.79 Å². The van der Waals surface area contributed by atoms with Gasteiger partial charge in [0.25, 0.3) is 0 Å². The van der Waals surface area contributed by atoms with Gasteiger partial charge in [-0.1, -0.05) is 32.1 Å². The molecule has 3 saturated carbocycles. The molecular formula is C34H50O10. The number of ether oxygens (including phenoxy) is 4. The van der Waals surface area contributed by atoms with Gasteiger partial charge in [0.2, 0.25) is 0 Å². The zero-order valence-electron chi connectivity index (χ0n) is 26.1. The normalized spacial score (nSPS) is 55.4. The van der Waals surface area contributed by atoms with Crippen molar-refractivity contribution in [2.45, 2.75) is 127 Å². The minimum atomic E-state index is -1.50. The molecule has 246 valence electrons. The summed E-state index contributed by atoms with van der Waals surface area (Å²) in [5.41, 5.74) is 0.702. The maximum absolute atomic E-state index is 12.6. The molecule has 6 fully saturated rings. The van der Waals surface area contributed by atoms with Crippen LogP contribution < -0.4 is 0 Å². The third-order valence-corrected chi connectivity index (χ3v) is 13.7. The lowest BCUT2D eigenvalue weighted by Crippen LogP contribution is -2.61. The molecule has 0 aromatic rings. The molecule has 10 heteroatoms. The zero-order chi connectivity index (χ0) is 31.3. The first kappa shape index (κ1) is 31.2. The molecule has 44 heavy (non-hydrogen) atoms. The topological polar surface area (TPSA) is 155 Å². The number of esters is 1. The van der Waals surface area contributed by atoms with Crippen LogP contribution in [0, 0.1) is 40.4 Å². The highest BCUT2D eigenvalue weighted by Crippen LogP contribution is 2.68. The summed E-state index contributed by atoms with van der Waals surface area (Å²) in [7, 11) is 0. The van der Waals surface area contributed by atoms with E-state index in [1.165, 1.54) is 5.57 Å². The first-order valence-corrected chi connectivity index (χ1v) is 16.7. The Balaban J connectivity index is 1.07. The standard InChI is InChI=1S/C34H50O10/c1-16-30(40)43-24-13-33(16,3)41-15-20(24)22-8-7-21-19-6-5-17-11-18(42-31-29(39)28(38)27(37)25(14-35)44-31)12-26(36)34(17,4)23(19)9-10-32(21,22)2/h5,18-29,31,35-39H,1,6-15H2,2-4H3. The fraction of sp³-hybridized carbons (Fsp3) is 0.853. The molecular weight excluding hydrogens is 568 g/mol. The smallest absolute Gasteiger partial charge is 0.336 e. The second-order valence-corrected chi connectivity index (χ2v) is 15.6. The van der Waals surface area contributed by atoms with Crippen molar-refractivity contribution in [3.05, 3.63) is 23.8 Å². The van der Waals surface area contributed by atoms with Crippen LogP contribution >= 0.6 is 0 Å². The molecule has 0 aromatic heterocycles. The minimum Gasteiger partial charge on any atom is -0.458 e. The van der Waals surface area contributed by atoms with Gasteiger partial charge in [-0.3, -0.25) is 0 Å². The van der Waals surface area contributed by atoms with E-state index in [9.17, 15) is 30.3 Å². The van der Waals surface area contributed by atoms with E-state index >= 15 is 0 Å². The van der Waals surface area contributed by atoms with Crippen LogP contribution in [-0.2, 0) is 23.7 Å². The highest BCUT2D eigenvalue weighted by Gasteiger charge is 2.63. The molecule has 7 aliphatic rings. The highest BCUT2D eigenvalue weighted by atomic mass is 16.7. The number of rotatable bonds is 4. The minimum absolute atomic E-state index is 0.111. The van der Waals surface area contributed by atoms with Crippen LogP contribution in [0.4, 0.5) is 0 Å². The first-order chi connectivity index (χ1) is 20.8. The quantitative estimate of drug-likeness (QED) is 0.180. The number of aliphatic hydroxyl groups is 5. The molecule has 0 radical (unpaired) electrons. The van der Waals surface area contributed by atoms with Gasteiger partial charge in [0.05, 0.1) is 31.0 Å². The van der Waals surface area contributed by atoms with Crippen LogP contribution in [0.1, 0.15) is 72.1 Å². The summed E-state index contributed by atoms with van der Waals surface area (Å²) in [6, 6.07) is 0. The zero-order valence-corrected chi connectivity index (χ0v) is 26.1. The lowest BCUT2D eigenvalue weighted by Gasteiger charge is -2.60.